The van der Waals surface area contributed by atoms with Crippen molar-refractivity contribution in [2.45, 2.75) is 6.92 Å². The molecule has 0 aromatic heterocycles. The number of likely N-dealkylation sites (N-methyl/N-ethyl adjacent to an activating group) is 1. The Labute approximate surface area is 113 Å². The van der Waals surface area contributed by atoms with Crippen molar-refractivity contribution < 1.29 is 19.6 Å². The second-order valence-corrected chi connectivity index (χ2v) is 3.56. The maximum absolute atomic E-state index is 11.2. The monoisotopic (exact) mass is 280 g/mol. The molecule has 20 heavy (non-hydrogen) atoms. The fraction of sp³-hybridized carbons (Fsp3) is 0.182. The van der Waals surface area contributed by atoms with E-state index in [0.717, 1.165) is 18.3 Å². The van der Waals surface area contributed by atoms with Gasteiger partial charge in [0.25, 0.3) is 0 Å². The Balaban J connectivity index is 2.72. The largest absolute Gasteiger partial charge is 0.502 e. The molecular formula is C11H12N4O5. The van der Waals surface area contributed by atoms with E-state index in [1.54, 1.807) is 6.92 Å². The minimum absolute atomic E-state index is 0.283. The third-order valence-electron chi connectivity index (χ3n) is 2.12. The molecule has 1 aromatic carbocycles. The summed E-state index contributed by atoms with van der Waals surface area (Å²) < 4.78 is 0. The molecule has 0 saturated carbocycles. The summed E-state index contributed by atoms with van der Waals surface area (Å²) in [6.45, 7) is 1.96. The zero-order valence-electron chi connectivity index (χ0n) is 10.5. The Bertz CT molecular complexity index is 570. The molecule has 3 N–H and O–H groups in total. The van der Waals surface area contributed by atoms with Gasteiger partial charge in [-0.3, -0.25) is 19.7 Å². The van der Waals surface area contributed by atoms with Crippen molar-refractivity contribution in [2.24, 2.45) is 5.10 Å². The Morgan fingerprint density at radius 2 is 2.15 bits per heavy atom. The topological polar surface area (TPSA) is 134 Å². The average Bonchev–Trinajstić information content (AvgIpc) is 2.40. The first kappa shape index (κ1) is 15.1. The molecule has 9 nitrogen and oxygen atoms in total. The summed E-state index contributed by atoms with van der Waals surface area (Å²) in [5, 5.41) is 25.6. The number of nitrogens with one attached hydrogen (secondary N) is 2. The third-order valence-corrected chi connectivity index (χ3v) is 2.12. The van der Waals surface area contributed by atoms with Gasteiger partial charge in [-0.25, -0.2) is 5.43 Å². The Morgan fingerprint density at radius 1 is 1.45 bits per heavy atom. The number of carbonyl (C=O) groups is 2. The summed E-state index contributed by atoms with van der Waals surface area (Å²) in [5.74, 6) is -2.25. The fourth-order valence-electron chi connectivity index (χ4n) is 1.22. The van der Waals surface area contributed by atoms with Gasteiger partial charge in [-0.1, -0.05) is 0 Å². The van der Waals surface area contributed by atoms with Crippen LogP contribution in [0.3, 0.4) is 0 Å². The molecule has 0 radical (unpaired) electrons. The molecule has 1 aromatic rings. The Morgan fingerprint density at radius 3 is 2.75 bits per heavy atom. The molecule has 2 amide bonds. The molecule has 0 atom stereocenters. The number of carbonyl (C=O) groups excluding carboxylic acids is 2. The number of nitro benzene ring substituents is 1. The number of nitro groups is 1. The summed E-state index contributed by atoms with van der Waals surface area (Å²) in [7, 11) is 0. The van der Waals surface area contributed by atoms with E-state index in [1.165, 1.54) is 6.07 Å². The number of nitrogens with zero attached hydrogens (tertiary/aromatic N) is 2. The van der Waals surface area contributed by atoms with Crippen LogP contribution >= 0.6 is 0 Å². The van der Waals surface area contributed by atoms with Crippen LogP contribution in [-0.4, -0.2) is 34.6 Å². The van der Waals surface area contributed by atoms with E-state index in [1.807, 2.05) is 5.43 Å². The van der Waals surface area contributed by atoms with Crippen LogP contribution in [0.5, 0.6) is 5.75 Å². The van der Waals surface area contributed by atoms with Gasteiger partial charge < -0.3 is 10.4 Å². The summed E-state index contributed by atoms with van der Waals surface area (Å²) in [4.78, 5) is 32.1. The summed E-state index contributed by atoms with van der Waals surface area (Å²) in [5.41, 5.74) is 1.77. The van der Waals surface area contributed by atoms with Crippen LogP contribution in [0, 0.1) is 10.1 Å². The van der Waals surface area contributed by atoms with Crippen LogP contribution in [0.4, 0.5) is 5.69 Å². The van der Waals surface area contributed by atoms with Crippen molar-refractivity contribution in [2.75, 3.05) is 6.54 Å². The van der Waals surface area contributed by atoms with Gasteiger partial charge in [-0.05, 0) is 19.1 Å². The van der Waals surface area contributed by atoms with E-state index < -0.39 is 28.2 Å². The molecule has 0 aliphatic heterocycles. The molecule has 0 bridgehead atoms. The lowest BCUT2D eigenvalue weighted by Crippen LogP contribution is -2.37. The zero-order valence-corrected chi connectivity index (χ0v) is 10.5. The van der Waals surface area contributed by atoms with Crippen LogP contribution in [0.1, 0.15) is 12.5 Å². The molecule has 0 heterocycles. The van der Waals surface area contributed by atoms with E-state index in [0.29, 0.717) is 6.54 Å². The average molecular weight is 280 g/mol. The fourth-order valence-corrected chi connectivity index (χ4v) is 1.22. The number of phenolic OH excluding ortho intramolecular Hbond substituents is 1. The number of rotatable bonds is 4. The number of phenols is 1. The van der Waals surface area contributed by atoms with Crippen molar-refractivity contribution in [1.82, 2.24) is 10.7 Å². The number of benzene rings is 1. The van der Waals surface area contributed by atoms with E-state index >= 15 is 0 Å². The van der Waals surface area contributed by atoms with E-state index in [9.17, 15) is 24.8 Å². The normalized spacial score (nSPS) is 10.2. The van der Waals surface area contributed by atoms with Gasteiger partial charge in [0.1, 0.15) is 0 Å². The maximum atomic E-state index is 11.2. The molecular weight excluding hydrogens is 268 g/mol. The third kappa shape index (κ3) is 4.05. The summed E-state index contributed by atoms with van der Waals surface area (Å²) >= 11 is 0. The highest BCUT2D eigenvalue weighted by molar-refractivity contribution is 6.35. The molecule has 106 valence electrons. The summed E-state index contributed by atoms with van der Waals surface area (Å²) in [6, 6.07) is 3.58. The smallest absolute Gasteiger partial charge is 0.329 e. The van der Waals surface area contributed by atoms with Gasteiger partial charge in [0.15, 0.2) is 5.75 Å². The quantitative estimate of drug-likeness (QED) is 0.306. The Kier molecular flexibility index (Phi) is 5.15. The maximum Gasteiger partial charge on any atom is 0.329 e. The first-order chi connectivity index (χ1) is 9.45. The SMILES string of the molecule is CCNC(=O)C(=O)N/N=C/c1ccc(O)c([N+](=O)[O-])c1. The van der Waals surface area contributed by atoms with Gasteiger partial charge in [0.2, 0.25) is 0 Å². The molecule has 0 fully saturated rings. The lowest BCUT2D eigenvalue weighted by Gasteiger charge is -2.00. The molecule has 0 aliphatic rings. The molecule has 0 spiro atoms. The van der Waals surface area contributed by atoms with E-state index in [-0.39, 0.29) is 5.56 Å². The standard InChI is InChI=1S/C11H12N4O5/c1-2-12-10(17)11(18)14-13-6-7-3-4-9(16)8(5-7)15(19)20/h3-6,16H,2H2,1H3,(H,12,17)(H,14,18)/b13-6+. The highest BCUT2D eigenvalue weighted by Gasteiger charge is 2.13. The van der Waals surface area contributed by atoms with E-state index in [2.05, 4.69) is 10.4 Å². The molecule has 9 heteroatoms. The zero-order chi connectivity index (χ0) is 15.1. The highest BCUT2D eigenvalue weighted by atomic mass is 16.6. The predicted molar refractivity (Wildman–Crippen MR) is 69.2 cm³/mol. The minimum atomic E-state index is -0.948. The van der Waals surface area contributed by atoms with E-state index in [4.69, 9.17) is 0 Å². The van der Waals surface area contributed by atoms with Gasteiger partial charge in [-0.15, -0.1) is 0 Å². The second kappa shape index (κ2) is 6.83. The van der Waals surface area contributed by atoms with Crippen LogP contribution in [0.2, 0.25) is 0 Å². The van der Waals surface area contributed by atoms with Gasteiger partial charge >= 0.3 is 17.5 Å². The second-order valence-electron chi connectivity index (χ2n) is 3.56. The molecule has 0 saturated heterocycles. The first-order valence-electron chi connectivity index (χ1n) is 5.54. The Hall–Kier alpha value is -2.97. The van der Waals surface area contributed by atoms with Crippen molar-refractivity contribution >= 4 is 23.7 Å². The number of aromatic hydroxyl groups is 1. The molecule has 0 aliphatic carbocycles. The lowest BCUT2D eigenvalue weighted by atomic mass is 10.2. The summed E-state index contributed by atoms with van der Waals surface area (Å²) in [6.07, 6.45) is 1.11. The van der Waals surface area contributed by atoms with Crippen LogP contribution in [-0.2, 0) is 9.59 Å². The lowest BCUT2D eigenvalue weighted by molar-refractivity contribution is -0.385. The van der Waals surface area contributed by atoms with Gasteiger partial charge in [0, 0.05) is 18.2 Å². The van der Waals surface area contributed by atoms with Crippen molar-refractivity contribution in [3.05, 3.63) is 33.9 Å². The number of amides is 2. The number of hydrogen-bond acceptors (Lipinski definition) is 6. The predicted octanol–water partition coefficient (Wildman–Crippen LogP) is -0.113. The van der Waals surface area contributed by atoms with Crippen LogP contribution in [0.15, 0.2) is 23.3 Å². The number of hydrogen-bond donors (Lipinski definition) is 3. The highest BCUT2D eigenvalue weighted by Crippen LogP contribution is 2.25. The van der Waals surface area contributed by atoms with Crippen molar-refractivity contribution in [3.63, 3.8) is 0 Å². The molecule has 0 unspecified atom stereocenters. The van der Waals surface area contributed by atoms with Crippen LogP contribution < -0.4 is 10.7 Å². The van der Waals surface area contributed by atoms with Gasteiger partial charge in [0.05, 0.1) is 11.1 Å². The van der Waals surface area contributed by atoms with Crippen molar-refractivity contribution in [3.8, 4) is 5.75 Å². The number of hydrazone groups is 1. The first-order valence-corrected chi connectivity index (χ1v) is 5.54. The van der Waals surface area contributed by atoms with Crippen molar-refractivity contribution in [1.29, 1.82) is 0 Å². The molecule has 1 rings (SSSR count). The minimum Gasteiger partial charge on any atom is -0.502 e. The van der Waals surface area contributed by atoms with Gasteiger partial charge in [-0.2, -0.15) is 5.10 Å². The van der Waals surface area contributed by atoms with Crippen LogP contribution in [0.25, 0.3) is 0 Å².